The lowest BCUT2D eigenvalue weighted by Gasteiger charge is -2.31. The maximum absolute atomic E-state index is 12.0. The Morgan fingerprint density at radius 2 is 2.16 bits per heavy atom. The van der Waals surface area contributed by atoms with E-state index in [2.05, 4.69) is 13.8 Å². The van der Waals surface area contributed by atoms with Gasteiger partial charge in [-0.25, -0.2) is 0 Å². The molecule has 0 saturated carbocycles. The third kappa shape index (κ3) is 3.28. The lowest BCUT2D eigenvalue weighted by molar-refractivity contribution is 0.0618. The van der Waals surface area contributed by atoms with Crippen molar-refractivity contribution in [2.45, 2.75) is 46.1 Å². The van der Waals surface area contributed by atoms with Crippen LogP contribution >= 0.6 is 0 Å². The Labute approximate surface area is 114 Å². The predicted octanol–water partition coefficient (Wildman–Crippen LogP) is 3.86. The molecule has 1 aromatic carbocycles. The van der Waals surface area contributed by atoms with Crippen LogP contribution < -0.4 is 9.47 Å². The second-order valence-electron chi connectivity index (χ2n) is 5.94. The van der Waals surface area contributed by atoms with E-state index in [-0.39, 0.29) is 5.78 Å². The highest BCUT2D eigenvalue weighted by Crippen LogP contribution is 2.35. The Balaban J connectivity index is 2.16. The summed E-state index contributed by atoms with van der Waals surface area (Å²) in [6.07, 6.45) is 1.51. The van der Waals surface area contributed by atoms with Gasteiger partial charge < -0.3 is 9.47 Å². The maximum Gasteiger partial charge on any atom is 0.170 e. The zero-order chi connectivity index (χ0) is 14.0. The highest BCUT2D eigenvalue weighted by molar-refractivity contribution is 6.00. The number of benzene rings is 1. The summed E-state index contributed by atoms with van der Waals surface area (Å²) in [4.78, 5) is 12.0. The zero-order valence-electron chi connectivity index (χ0n) is 12.2. The van der Waals surface area contributed by atoms with Crippen LogP contribution in [0.4, 0.5) is 0 Å². The Kier molecular flexibility index (Phi) is 3.83. The Morgan fingerprint density at radius 3 is 2.84 bits per heavy atom. The van der Waals surface area contributed by atoms with E-state index in [9.17, 15) is 4.79 Å². The van der Waals surface area contributed by atoms with Crippen LogP contribution in [0.25, 0.3) is 0 Å². The summed E-state index contributed by atoms with van der Waals surface area (Å²) in [5.74, 6) is 2.07. The van der Waals surface area contributed by atoms with Crippen LogP contribution in [0.3, 0.4) is 0 Å². The molecule has 2 rings (SSSR count). The van der Waals surface area contributed by atoms with E-state index in [1.54, 1.807) is 6.07 Å². The molecule has 1 atom stereocenters. The van der Waals surface area contributed by atoms with Crippen molar-refractivity contribution in [3.8, 4) is 11.5 Å². The Bertz CT molecular complexity index is 477. The molecule has 0 spiro atoms. The molecule has 0 saturated heterocycles. The largest absolute Gasteiger partial charge is 0.493 e. The molecule has 1 heterocycles. The topological polar surface area (TPSA) is 35.5 Å². The SMILES string of the molecule is CCC(C)COc1ccc2c(c1)OC(C)(C)CC2=O. The third-order valence-corrected chi connectivity index (χ3v) is 3.46. The highest BCUT2D eigenvalue weighted by Gasteiger charge is 2.32. The van der Waals surface area contributed by atoms with Crippen LogP contribution in [-0.4, -0.2) is 18.0 Å². The first-order valence-corrected chi connectivity index (χ1v) is 6.90. The number of carbonyl (C=O) groups excluding carboxylic acids is 1. The monoisotopic (exact) mass is 262 g/mol. The number of hydrogen-bond donors (Lipinski definition) is 0. The first-order chi connectivity index (χ1) is 8.91. The van der Waals surface area contributed by atoms with E-state index in [0.29, 0.717) is 30.3 Å². The lowest BCUT2D eigenvalue weighted by Crippen LogP contribution is -2.35. The summed E-state index contributed by atoms with van der Waals surface area (Å²) in [6, 6.07) is 5.48. The molecule has 3 heteroatoms. The van der Waals surface area contributed by atoms with E-state index in [4.69, 9.17) is 9.47 Å². The molecule has 3 nitrogen and oxygen atoms in total. The molecule has 0 amide bonds. The van der Waals surface area contributed by atoms with Gasteiger partial charge in [0, 0.05) is 6.07 Å². The van der Waals surface area contributed by atoms with Gasteiger partial charge in [-0.1, -0.05) is 20.3 Å². The van der Waals surface area contributed by atoms with Crippen LogP contribution in [-0.2, 0) is 0 Å². The average Bonchev–Trinajstić information content (AvgIpc) is 2.33. The number of Topliss-reactive ketones (excluding diaryl/α,β-unsaturated/α-hetero) is 1. The average molecular weight is 262 g/mol. The number of ether oxygens (including phenoxy) is 2. The van der Waals surface area contributed by atoms with Crippen molar-refractivity contribution in [3.63, 3.8) is 0 Å². The van der Waals surface area contributed by atoms with E-state index in [1.165, 1.54) is 0 Å². The Hall–Kier alpha value is -1.51. The zero-order valence-corrected chi connectivity index (χ0v) is 12.2. The van der Waals surface area contributed by atoms with Gasteiger partial charge in [-0.05, 0) is 31.9 Å². The number of rotatable bonds is 4. The molecular weight excluding hydrogens is 240 g/mol. The van der Waals surface area contributed by atoms with Crippen molar-refractivity contribution < 1.29 is 14.3 Å². The molecule has 0 N–H and O–H groups in total. The van der Waals surface area contributed by atoms with Gasteiger partial charge in [0.1, 0.15) is 17.1 Å². The number of fused-ring (bicyclic) bond motifs is 1. The van der Waals surface area contributed by atoms with Crippen LogP contribution in [0.15, 0.2) is 18.2 Å². The highest BCUT2D eigenvalue weighted by atomic mass is 16.5. The lowest BCUT2D eigenvalue weighted by atomic mass is 9.93. The summed E-state index contributed by atoms with van der Waals surface area (Å²) in [7, 11) is 0. The molecule has 1 aliphatic rings. The van der Waals surface area contributed by atoms with E-state index in [0.717, 1.165) is 12.2 Å². The Morgan fingerprint density at radius 1 is 1.42 bits per heavy atom. The fourth-order valence-corrected chi connectivity index (χ4v) is 2.08. The van der Waals surface area contributed by atoms with Gasteiger partial charge >= 0.3 is 0 Å². The predicted molar refractivity (Wildman–Crippen MR) is 75.0 cm³/mol. The maximum atomic E-state index is 12.0. The first-order valence-electron chi connectivity index (χ1n) is 6.90. The van der Waals surface area contributed by atoms with E-state index in [1.807, 2.05) is 26.0 Å². The first kappa shape index (κ1) is 13.9. The van der Waals surface area contributed by atoms with Crippen LogP contribution in [0.5, 0.6) is 11.5 Å². The normalized spacial score (nSPS) is 18.4. The smallest absolute Gasteiger partial charge is 0.170 e. The molecule has 0 aromatic heterocycles. The number of ketones is 1. The molecule has 0 fully saturated rings. The standard InChI is InChI=1S/C16H22O3/c1-5-11(2)10-18-12-6-7-13-14(17)9-16(3,4)19-15(13)8-12/h6-8,11H,5,9-10H2,1-4H3. The van der Waals surface area contributed by atoms with Gasteiger partial charge in [0.25, 0.3) is 0 Å². The number of carbonyl (C=O) groups is 1. The minimum Gasteiger partial charge on any atom is -0.493 e. The van der Waals surface area contributed by atoms with Crippen molar-refractivity contribution in [2.24, 2.45) is 5.92 Å². The molecule has 19 heavy (non-hydrogen) atoms. The third-order valence-electron chi connectivity index (χ3n) is 3.46. The van der Waals surface area contributed by atoms with Gasteiger partial charge in [0.05, 0.1) is 18.6 Å². The quantitative estimate of drug-likeness (QED) is 0.826. The van der Waals surface area contributed by atoms with Gasteiger partial charge in [-0.2, -0.15) is 0 Å². The molecule has 0 aliphatic carbocycles. The minimum atomic E-state index is -0.431. The summed E-state index contributed by atoms with van der Waals surface area (Å²) >= 11 is 0. The minimum absolute atomic E-state index is 0.139. The van der Waals surface area contributed by atoms with E-state index < -0.39 is 5.60 Å². The molecule has 104 valence electrons. The molecule has 1 aliphatic heterocycles. The van der Waals surface area contributed by atoms with Gasteiger partial charge in [0.15, 0.2) is 5.78 Å². The summed E-state index contributed by atoms with van der Waals surface area (Å²) in [5.41, 5.74) is 0.231. The molecule has 1 aromatic rings. The van der Waals surface area contributed by atoms with Crippen LogP contribution in [0.2, 0.25) is 0 Å². The van der Waals surface area contributed by atoms with Crippen molar-refractivity contribution in [3.05, 3.63) is 23.8 Å². The second-order valence-corrected chi connectivity index (χ2v) is 5.94. The van der Waals surface area contributed by atoms with E-state index >= 15 is 0 Å². The molecule has 1 unspecified atom stereocenters. The van der Waals surface area contributed by atoms with Crippen molar-refractivity contribution >= 4 is 5.78 Å². The van der Waals surface area contributed by atoms with Crippen molar-refractivity contribution in [2.75, 3.05) is 6.61 Å². The van der Waals surface area contributed by atoms with Gasteiger partial charge in [-0.3, -0.25) is 4.79 Å². The molecular formula is C16H22O3. The van der Waals surface area contributed by atoms with Gasteiger partial charge in [-0.15, -0.1) is 0 Å². The van der Waals surface area contributed by atoms with Gasteiger partial charge in [0.2, 0.25) is 0 Å². The number of hydrogen-bond acceptors (Lipinski definition) is 3. The van der Waals surface area contributed by atoms with Crippen LogP contribution in [0.1, 0.15) is 50.9 Å². The summed E-state index contributed by atoms with van der Waals surface area (Å²) in [5, 5.41) is 0. The molecule has 0 bridgehead atoms. The molecule has 0 radical (unpaired) electrons. The summed E-state index contributed by atoms with van der Waals surface area (Å²) in [6.45, 7) is 8.85. The fraction of sp³-hybridized carbons (Fsp3) is 0.562. The fourth-order valence-electron chi connectivity index (χ4n) is 2.08. The second kappa shape index (κ2) is 5.24. The van der Waals surface area contributed by atoms with Crippen LogP contribution in [0, 0.1) is 5.92 Å². The van der Waals surface area contributed by atoms with Crippen molar-refractivity contribution in [1.29, 1.82) is 0 Å². The summed E-state index contributed by atoms with van der Waals surface area (Å²) < 4.78 is 11.6. The van der Waals surface area contributed by atoms with Crippen molar-refractivity contribution in [1.82, 2.24) is 0 Å².